The van der Waals surface area contributed by atoms with E-state index in [9.17, 15) is 9.59 Å². The van der Waals surface area contributed by atoms with E-state index in [1.165, 1.54) is 6.92 Å². The highest BCUT2D eigenvalue weighted by molar-refractivity contribution is 5.96. The fourth-order valence-electron chi connectivity index (χ4n) is 1.66. The summed E-state index contributed by atoms with van der Waals surface area (Å²) in [5.41, 5.74) is 0. The Labute approximate surface area is 89.0 Å². The molecule has 1 rings (SSSR count). The van der Waals surface area contributed by atoms with Crippen molar-refractivity contribution < 1.29 is 19.4 Å². The Morgan fingerprint density at radius 2 is 1.93 bits per heavy atom. The molecule has 0 aromatic carbocycles. The molecule has 15 heavy (non-hydrogen) atoms. The van der Waals surface area contributed by atoms with Crippen LogP contribution in [0.1, 0.15) is 19.8 Å². The topological polar surface area (TPSA) is 66.8 Å². The lowest BCUT2D eigenvalue weighted by atomic mass is 10.0. The van der Waals surface area contributed by atoms with E-state index in [0.29, 0.717) is 13.2 Å². The standard InChI is InChI=1S/C10H17NO4/c1-7(10(13)14)9(12)11(2)8-3-5-15-6-4-8/h7-8H,3-6H2,1-2H3,(H,13,14). The fraction of sp³-hybridized carbons (Fsp3) is 0.800. The molecule has 0 saturated carbocycles. The number of hydrogen-bond acceptors (Lipinski definition) is 3. The minimum absolute atomic E-state index is 0.119. The van der Waals surface area contributed by atoms with Gasteiger partial charge in [-0.3, -0.25) is 9.59 Å². The maximum atomic E-state index is 11.7. The molecule has 1 N–H and O–H groups in total. The van der Waals surface area contributed by atoms with Gasteiger partial charge in [0.25, 0.3) is 0 Å². The van der Waals surface area contributed by atoms with Crippen molar-refractivity contribution in [3.05, 3.63) is 0 Å². The summed E-state index contributed by atoms with van der Waals surface area (Å²) in [6.07, 6.45) is 1.57. The van der Waals surface area contributed by atoms with Gasteiger partial charge in [0.05, 0.1) is 0 Å². The highest BCUT2D eigenvalue weighted by Crippen LogP contribution is 2.15. The molecule has 0 aromatic heterocycles. The van der Waals surface area contributed by atoms with E-state index in [0.717, 1.165) is 12.8 Å². The molecule has 1 saturated heterocycles. The van der Waals surface area contributed by atoms with Crippen molar-refractivity contribution in [2.45, 2.75) is 25.8 Å². The van der Waals surface area contributed by atoms with E-state index in [-0.39, 0.29) is 11.9 Å². The van der Waals surface area contributed by atoms with Crippen LogP contribution in [0.4, 0.5) is 0 Å². The van der Waals surface area contributed by atoms with Gasteiger partial charge in [0.2, 0.25) is 5.91 Å². The first-order chi connectivity index (χ1) is 7.04. The van der Waals surface area contributed by atoms with Crippen molar-refractivity contribution >= 4 is 11.9 Å². The molecule has 1 atom stereocenters. The van der Waals surface area contributed by atoms with E-state index in [1.807, 2.05) is 0 Å². The molecule has 0 spiro atoms. The largest absolute Gasteiger partial charge is 0.481 e. The first-order valence-corrected chi connectivity index (χ1v) is 5.11. The summed E-state index contributed by atoms with van der Waals surface area (Å²) in [6, 6.07) is 0.119. The van der Waals surface area contributed by atoms with Crippen LogP contribution in [0.2, 0.25) is 0 Å². The summed E-state index contributed by atoms with van der Waals surface area (Å²) >= 11 is 0. The summed E-state index contributed by atoms with van der Waals surface area (Å²) in [5, 5.41) is 8.73. The Morgan fingerprint density at radius 1 is 1.40 bits per heavy atom. The van der Waals surface area contributed by atoms with Crippen LogP contribution in [0.15, 0.2) is 0 Å². The number of carboxylic acids is 1. The normalized spacial score (nSPS) is 19.6. The van der Waals surface area contributed by atoms with Gasteiger partial charge < -0.3 is 14.7 Å². The zero-order valence-electron chi connectivity index (χ0n) is 9.10. The third-order valence-electron chi connectivity index (χ3n) is 2.83. The number of amides is 1. The monoisotopic (exact) mass is 215 g/mol. The molecule has 0 aromatic rings. The Morgan fingerprint density at radius 3 is 2.40 bits per heavy atom. The molecule has 1 unspecified atom stereocenters. The molecule has 86 valence electrons. The van der Waals surface area contributed by atoms with Crippen molar-refractivity contribution in [3.63, 3.8) is 0 Å². The van der Waals surface area contributed by atoms with E-state index in [2.05, 4.69) is 0 Å². The van der Waals surface area contributed by atoms with E-state index >= 15 is 0 Å². The fourth-order valence-corrected chi connectivity index (χ4v) is 1.66. The lowest BCUT2D eigenvalue weighted by Gasteiger charge is -2.32. The number of ether oxygens (including phenoxy) is 1. The van der Waals surface area contributed by atoms with Crippen LogP contribution in [0.25, 0.3) is 0 Å². The summed E-state index contributed by atoms with van der Waals surface area (Å²) in [6.45, 7) is 2.70. The zero-order valence-corrected chi connectivity index (χ0v) is 9.10. The summed E-state index contributed by atoms with van der Waals surface area (Å²) in [4.78, 5) is 23.9. The first-order valence-electron chi connectivity index (χ1n) is 5.11. The molecule has 0 aliphatic carbocycles. The van der Waals surface area contributed by atoms with Gasteiger partial charge in [-0.25, -0.2) is 0 Å². The van der Waals surface area contributed by atoms with Crippen molar-refractivity contribution in [3.8, 4) is 0 Å². The van der Waals surface area contributed by atoms with E-state index < -0.39 is 11.9 Å². The number of nitrogens with zero attached hydrogens (tertiary/aromatic N) is 1. The average Bonchev–Trinajstić information content (AvgIpc) is 2.27. The van der Waals surface area contributed by atoms with Crippen LogP contribution >= 0.6 is 0 Å². The SMILES string of the molecule is CC(C(=O)O)C(=O)N(C)C1CCOCC1. The lowest BCUT2D eigenvalue weighted by molar-refractivity contribution is -0.151. The number of rotatable bonds is 3. The second-order valence-corrected chi connectivity index (χ2v) is 3.85. The summed E-state index contributed by atoms with van der Waals surface area (Å²) in [5.74, 6) is -2.36. The van der Waals surface area contributed by atoms with Crippen LogP contribution in [0.5, 0.6) is 0 Å². The predicted octanol–water partition coefficient (Wildman–Crippen LogP) is 0.344. The molecule has 0 radical (unpaired) electrons. The third-order valence-corrected chi connectivity index (χ3v) is 2.83. The second kappa shape index (κ2) is 5.11. The van der Waals surface area contributed by atoms with E-state index in [4.69, 9.17) is 9.84 Å². The van der Waals surface area contributed by atoms with Crippen LogP contribution in [0, 0.1) is 5.92 Å². The highest BCUT2D eigenvalue weighted by atomic mass is 16.5. The smallest absolute Gasteiger partial charge is 0.315 e. The Balaban J connectivity index is 2.54. The molecule has 5 heteroatoms. The van der Waals surface area contributed by atoms with Crippen LogP contribution < -0.4 is 0 Å². The van der Waals surface area contributed by atoms with Crippen LogP contribution in [-0.2, 0) is 14.3 Å². The van der Waals surface area contributed by atoms with Crippen molar-refractivity contribution in [1.29, 1.82) is 0 Å². The van der Waals surface area contributed by atoms with Gasteiger partial charge in [0, 0.05) is 26.3 Å². The molecular weight excluding hydrogens is 198 g/mol. The zero-order chi connectivity index (χ0) is 11.4. The van der Waals surface area contributed by atoms with E-state index in [1.54, 1.807) is 11.9 Å². The number of carbonyl (C=O) groups excluding carboxylic acids is 1. The molecule has 1 aliphatic rings. The molecule has 1 heterocycles. The minimum Gasteiger partial charge on any atom is -0.481 e. The van der Waals surface area contributed by atoms with Crippen LogP contribution in [0.3, 0.4) is 0 Å². The van der Waals surface area contributed by atoms with Gasteiger partial charge in [-0.15, -0.1) is 0 Å². The Hall–Kier alpha value is -1.10. The maximum absolute atomic E-state index is 11.7. The lowest BCUT2D eigenvalue weighted by Crippen LogP contribution is -2.44. The third kappa shape index (κ3) is 2.92. The molecule has 1 fully saturated rings. The number of hydrogen-bond donors (Lipinski definition) is 1. The van der Waals surface area contributed by atoms with Gasteiger partial charge >= 0.3 is 5.97 Å². The summed E-state index contributed by atoms with van der Waals surface area (Å²) in [7, 11) is 1.66. The summed E-state index contributed by atoms with van der Waals surface area (Å²) < 4.78 is 5.18. The minimum atomic E-state index is -1.07. The Kier molecular flexibility index (Phi) is 4.08. The van der Waals surface area contributed by atoms with Gasteiger partial charge in [-0.2, -0.15) is 0 Å². The number of carbonyl (C=O) groups is 2. The molecule has 0 bridgehead atoms. The Bertz CT molecular complexity index is 248. The van der Waals surface area contributed by atoms with Crippen molar-refractivity contribution in [2.24, 2.45) is 5.92 Å². The van der Waals surface area contributed by atoms with Crippen LogP contribution in [-0.4, -0.2) is 48.2 Å². The highest BCUT2D eigenvalue weighted by Gasteiger charge is 2.29. The first kappa shape index (κ1) is 12.0. The maximum Gasteiger partial charge on any atom is 0.315 e. The van der Waals surface area contributed by atoms with Crippen molar-refractivity contribution in [2.75, 3.05) is 20.3 Å². The molecule has 1 amide bonds. The quantitative estimate of drug-likeness (QED) is 0.689. The molecular formula is C10H17NO4. The second-order valence-electron chi connectivity index (χ2n) is 3.85. The van der Waals surface area contributed by atoms with Gasteiger partial charge in [0.15, 0.2) is 0 Å². The van der Waals surface area contributed by atoms with Gasteiger partial charge in [0.1, 0.15) is 5.92 Å². The van der Waals surface area contributed by atoms with Gasteiger partial charge in [-0.05, 0) is 19.8 Å². The number of carboxylic acid groups (broad SMARTS) is 1. The predicted molar refractivity (Wildman–Crippen MR) is 53.4 cm³/mol. The van der Waals surface area contributed by atoms with Crippen molar-refractivity contribution in [1.82, 2.24) is 4.90 Å². The molecule has 5 nitrogen and oxygen atoms in total. The number of aliphatic carboxylic acids is 1. The average molecular weight is 215 g/mol. The molecule has 1 aliphatic heterocycles. The van der Waals surface area contributed by atoms with Gasteiger partial charge in [-0.1, -0.05) is 0 Å².